The summed E-state index contributed by atoms with van der Waals surface area (Å²) in [6, 6.07) is 2.57. The summed E-state index contributed by atoms with van der Waals surface area (Å²) in [6.45, 7) is 7.10. The number of aryl methyl sites for hydroxylation is 2. The van der Waals surface area contributed by atoms with Crippen LogP contribution in [-0.4, -0.2) is 28.6 Å². The van der Waals surface area contributed by atoms with E-state index in [1.54, 1.807) is 0 Å². The Morgan fingerprint density at radius 1 is 1.33 bits per heavy atom. The molecular weight excluding hydrogens is 188 g/mol. The Labute approximate surface area is 90.5 Å². The van der Waals surface area contributed by atoms with E-state index in [2.05, 4.69) is 21.8 Å². The van der Waals surface area contributed by atoms with Crippen molar-refractivity contribution in [3.8, 4) is 0 Å². The number of rotatable bonds is 1. The number of hydrogen-bond donors (Lipinski definition) is 1. The van der Waals surface area contributed by atoms with Gasteiger partial charge in [0.1, 0.15) is 0 Å². The van der Waals surface area contributed by atoms with Crippen molar-refractivity contribution in [2.45, 2.75) is 39.3 Å². The highest BCUT2D eigenvalue weighted by Gasteiger charge is 2.29. The van der Waals surface area contributed by atoms with Crippen LogP contribution in [0, 0.1) is 13.8 Å². The maximum Gasteiger partial charge on any atom is 0.226 e. The highest BCUT2D eigenvalue weighted by atomic mass is 15.3. The average Bonchev–Trinajstić information content (AvgIpc) is 2.46. The molecule has 0 aliphatic carbocycles. The fourth-order valence-corrected chi connectivity index (χ4v) is 2.08. The summed E-state index contributed by atoms with van der Waals surface area (Å²) >= 11 is 0. The molecule has 0 bridgehead atoms. The Morgan fingerprint density at radius 2 is 1.93 bits per heavy atom. The summed E-state index contributed by atoms with van der Waals surface area (Å²) in [7, 11) is 0. The average molecular weight is 206 g/mol. The fraction of sp³-hybridized carbons (Fsp3) is 0.636. The molecule has 0 spiro atoms. The maximum absolute atomic E-state index is 5.98. The van der Waals surface area contributed by atoms with Gasteiger partial charge in [-0.25, -0.2) is 9.97 Å². The predicted octanol–water partition coefficient (Wildman–Crippen LogP) is 1.02. The zero-order valence-corrected chi connectivity index (χ0v) is 9.57. The zero-order chi connectivity index (χ0) is 11.0. The molecule has 82 valence electrons. The van der Waals surface area contributed by atoms with Crippen LogP contribution in [0.2, 0.25) is 0 Å². The van der Waals surface area contributed by atoms with E-state index in [0.29, 0.717) is 6.04 Å². The molecule has 0 aromatic carbocycles. The van der Waals surface area contributed by atoms with Crippen LogP contribution in [0.25, 0.3) is 0 Å². The van der Waals surface area contributed by atoms with Crippen molar-refractivity contribution in [3.05, 3.63) is 17.5 Å². The van der Waals surface area contributed by atoms with Crippen LogP contribution in [0.15, 0.2) is 6.07 Å². The van der Waals surface area contributed by atoms with E-state index in [4.69, 9.17) is 5.73 Å². The normalized spacial score (nSPS) is 26.0. The van der Waals surface area contributed by atoms with Gasteiger partial charge in [-0.2, -0.15) is 0 Å². The quantitative estimate of drug-likeness (QED) is 0.745. The molecule has 0 radical (unpaired) electrons. The van der Waals surface area contributed by atoms with Crippen molar-refractivity contribution in [3.63, 3.8) is 0 Å². The first-order valence-corrected chi connectivity index (χ1v) is 5.42. The van der Waals surface area contributed by atoms with Crippen LogP contribution in [-0.2, 0) is 0 Å². The lowest BCUT2D eigenvalue weighted by Crippen LogP contribution is -2.37. The summed E-state index contributed by atoms with van der Waals surface area (Å²) in [4.78, 5) is 11.1. The highest BCUT2D eigenvalue weighted by molar-refractivity contribution is 5.36. The minimum atomic E-state index is 0.245. The van der Waals surface area contributed by atoms with E-state index in [9.17, 15) is 0 Å². The van der Waals surface area contributed by atoms with Gasteiger partial charge in [-0.15, -0.1) is 0 Å². The van der Waals surface area contributed by atoms with Gasteiger partial charge in [0.25, 0.3) is 0 Å². The van der Waals surface area contributed by atoms with Crippen LogP contribution < -0.4 is 10.6 Å². The van der Waals surface area contributed by atoms with E-state index >= 15 is 0 Å². The Balaban J connectivity index is 2.30. The van der Waals surface area contributed by atoms with Gasteiger partial charge in [0.15, 0.2) is 0 Å². The van der Waals surface area contributed by atoms with E-state index in [1.165, 1.54) is 0 Å². The smallest absolute Gasteiger partial charge is 0.226 e. The molecule has 1 aliphatic heterocycles. The summed E-state index contributed by atoms with van der Waals surface area (Å²) in [5.41, 5.74) is 8.02. The van der Waals surface area contributed by atoms with Gasteiger partial charge >= 0.3 is 0 Å². The number of nitrogens with zero attached hydrogens (tertiary/aromatic N) is 3. The molecule has 0 saturated carbocycles. The third-order valence-electron chi connectivity index (χ3n) is 3.04. The molecule has 1 aliphatic rings. The minimum absolute atomic E-state index is 0.245. The molecule has 15 heavy (non-hydrogen) atoms. The largest absolute Gasteiger partial charge is 0.336 e. The van der Waals surface area contributed by atoms with Gasteiger partial charge in [0.2, 0.25) is 5.95 Å². The summed E-state index contributed by atoms with van der Waals surface area (Å²) in [6.07, 6.45) is 1.03. The second kappa shape index (κ2) is 3.77. The second-order valence-electron chi connectivity index (χ2n) is 4.34. The first-order chi connectivity index (χ1) is 7.08. The molecule has 2 rings (SSSR count). The molecule has 2 N–H and O–H groups in total. The van der Waals surface area contributed by atoms with Crippen LogP contribution in [0.3, 0.4) is 0 Å². The number of anilines is 1. The first-order valence-electron chi connectivity index (χ1n) is 5.42. The summed E-state index contributed by atoms with van der Waals surface area (Å²) in [5.74, 6) is 0.827. The lowest BCUT2D eigenvalue weighted by molar-refractivity contribution is 0.617. The van der Waals surface area contributed by atoms with Gasteiger partial charge in [-0.05, 0) is 33.3 Å². The molecule has 4 nitrogen and oxygen atoms in total. The van der Waals surface area contributed by atoms with Gasteiger partial charge in [-0.3, -0.25) is 0 Å². The fourth-order valence-electron chi connectivity index (χ4n) is 2.08. The minimum Gasteiger partial charge on any atom is -0.336 e. The molecule has 4 heteroatoms. The maximum atomic E-state index is 5.98. The molecule has 2 heterocycles. The first kappa shape index (κ1) is 10.4. The SMILES string of the molecule is Cc1cc(C)nc(N2CCC(N)C2C)n1. The van der Waals surface area contributed by atoms with Crippen LogP contribution in [0.4, 0.5) is 5.95 Å². The summed E-state index contributed by atoms with van der Waals surface area (Å²) in [5, 5.41) is 0. The van der Waals surface area contributed by atoms with Gasteiger partial charge in [0, 0.05) is 30.0 Å². The molecule has 1 aromatic heterocycles. The van der Waals surface area contributed by atoms with Crippen molar-refractivity contribution >= 4 is 5.95 Å². The van der Waals surface area contributed by atoms with Gasteiger partial charge in [0.05, 0.1) is 0 Å². The monoisotopic (exact) mass is 206 g/mol. The van der Waals surface area contributed by atoms with Crippen molar-refractivity contribution in [2.24, 2.45) is 5.73 Å². The van der Waals surface area contributed by atoms with Crippen molar-refractivity contribution in [2.75, 3.05) is 11.4 Å². The topological polar surface area (TPSA) is 55.0 Å². The van der Waals surface area contributed by atoms with Crippen LogP contribution in [0.5, 0.6) is 0 Å². The van der Waals surface area contributed by atoms with Crippen molar-refractivity contribution in [1.82, 2.24) is 9.97 Å². The van der Waals surface area contributed by atoms with Crippen LogP contribution in [0.1, 0.15) is 24.7 Å². The highest BCUT2D eigenvalue weighted by Crippen LogP contribution is 2.21. The molecule has 1 aromatic rings. The molecule has 1 fully saturated rings. The Bertz CT molecular complexity index is 343. The Hall–Kier alpha value is -1.16. The predicted molar refractivity (Wildman–Crippen MR) is 60.9 cm³/mol. The van der Waals surface area contributed by atoms with Crippen molar-refractivity contribution in [1.29, 1.82) is 0 Å². The second-order valence-corrected chi connectivity index (χ2v) is 4.34. The lowest BCUT2D eigenvalue weighted by atomic mass is 10.2. The summed E-state index contributed by atoms with van der Waals surface area (Å²) < 4.78 is 0. The number of nitrogens with two attached hydrogens (primary N) is 1. The molecule has 0 amide bonds. The van der Waals surface area contributed by atoms with E-state index < -0.39 is 0 Å². The molecule has 2 unspecified atom stereocenters. The molecular formula is C11H18N4. The Kier molecular flexibility index (Phi) is 2.61. The van der Waals surface area contributed by atoms with Crippen molar-refractivity contribution < 1.29 is 0 Å². The van der Waals surface area contributed by atoms with Gasteiger partial charge < -0.3 is 10.6 Å². The lowest BCUT2D eigenvalue weighted by Gasteiger charge is -2.23. The third-order valence-corrected chi connectivity index (χ3v) is 3.04. The zero-order valence-electron chi connectivity index (χ0n) is 9.57. The Morgan fingerprint density at radius 3 is 2.40 bits per heavy atom. The standard InChI is InChI=1S/C11H18N4/c1-7-6-8(2)14-11(13-7)15-5-4-10(12)9(15)3/h6,9-10H,4-5,12H2,1-3H3. The van der Waals surface area contributed by atoms with E-state index in [1.807, 2.05) is 19.9 Å². The van der Waals surface area contributed by atoms with Crippen LogP contribution >= 0.6 is 0 Å². The molecule has 2 atom stereocenters. The van der Waals surface area contributed by atoms with E-state index in [0.717, 1.165) is 30.3 Å². The van der Waals surface area contributed by atoms with E-state index in [-0.39, 0.29) is 6.04 Å². The van der Waals surface area contributed by atoms with Gasteiger partial charge in [-0.1, -0.05) is 0 Å². The number of aromatic nitrogens is 2. The third kappa shape index (κ3) is 1.95. The molecule has 1 saturated heterocycles. The number of hydrogen-bond acceptors (Lipinski definition) is 4.